The lowest BCUT2D eigenvalue weighted by Crippen LogP contribution is -2.39. The van der Waals surface area contributed by atoms with E-state index in [-0.39, 0.29) is 0 Å². The van der Waals surface area contributed by atoms with Gasteiger partial charge in [-0.3, -0.25) is 0 Å². The minimum Gasteiger partial charge on any atom is -0.313 e. The highest BCUT2D eigenvalue weighted by Crippen LogP contribution is 2.58. The van der Waals surface area contributed by atoms with Crippen molar-refractivity contribution in [1.82, 2.24) is 5.32 Å². The van der Waals surface area contributed by atoms with Gasteiger partial charge in [-0.15, -0.1) is 0 Å². The number of hydrogen-bond donors (Lipinski definition) is 1. The van der Waals surface area contributed by atoms with Gasteiger partial charge in [0.1, 0.15) is 0 Å². The fraction of sp³-hybridized carbons (Fsp3) is 1.00. The molecule has 0 radical (unpaired) electrons. The summed E-state index contributed by atoms with van der Waals surface area (Å²) in [5.74, 6) is 0. The van der Waals surface area contributed by atoms with Crippen LogP contribution in [0, 0.1) is 10.8 Å². The van der Waals surface area contributed by atoms with Gasteiger partial charge in [0.2, 0.25) is 0 Å². The average Bonchev–Trinajstić information content (AvgIpc) is 2.54. The van der Waals surface area contributed by atoms with Gasteiger partial charge < -0.3 is 5.32 Å². The van der Waals surface area contributed by atoms with Crippen LogP contribution in [0.4, 0.5) is 0 Å². The van der Waals surface area contributed by atoms with Crippen LogP contribution in [0.5, 0.6) is 0 Å². The van der Waals surface area contributed by atoms with E-state index < -0.39 is 0 Å². The summed E-state index contributed by atoms with van der Waals surface area (Å²) >= 11 is 0. The highest BCUT2D eigenvalue weighted by Gasteiger charge is 2.55. The predicted octanol–water partition coefficient (Wildman–Crippen LogP) is 3.10. The molecule has 0 bridgehead atoms. The van der Waals surface area contributed by atoms with Gasteiger partial charge in [0, 0.05) is 12.6 Å². The third-order valence-corrected chi connectivity index (χ3v) is 5.12. The van der Waals surface area contributed by atoms with Gasteiger partial charge in [0.15, 0.2) is 0 Å². The molecule has 14 heavy (non-hydrogen) atoms. The molecule has 1 unspecified atom stereocenters. The zero-order valence-corrected chi connectivity index (χ0v) is 9.44. The van der Waals surface area contributed by atoms with Crippen LogP contribution in [0.25, 0.3) is 0 Å². The molecule has 1 N–H and O–H groups in total. The Morgan fingerprint density at radius 2 is 1.79 bits per heavy atom. The molecule has 80 valence electrons. The summed E-state index contributed by atoms with van der Waals surface area (Å²) in [5, 5.41) is 3.83. The average molecular weight is 193 g/mol. The van der Waals surface area contributed by atoms with E-state index in [9.17, 15) is 0 Å². The Bertz CT molecular complexity index is 223. The lowest BCUT2D eigenvalue weighted by atomic mass is 9.70. The van der Waals surface area contributed by atoms with Crippen molar-refractivity contribution in [2.45, 2.75) is 64.3 Å². The normalized spacial score (nSPS) is 37.1. The molecule has 1 atom stereocenters. The first kappa shape index (κ1) is 9.21. The van der Waals surface area contributed by atoms with Gasteiger partial charge in [-0.05, 0) is 42.9 Å². The summed E-state index contributed by atoms with van der Waals surface area (Å²) in [6, 6.07) is 0.905. The van der Waals surface area contributed by atoms with Gasteiger partial charge in [-0.1, -0.05) is 26.2 Å². The molecule has 0 heterocycles. The molecule has 1 nitrogen and oxygen atoms in total. The van der Waals surface area contributed by atoms with Crippen LogP contribution in [0.3, 0.4) is 0 Å². The molecule has 0 aromatic carbocycles. The quantitative estimate of drug-likeness (QED) is 0.726. The third kappa shape index (κ3) is 1.41. The molecule has 1 spiro atoms. The first-order valence-electron chi connectivity index (χ1n) is 6.46. The van der Waals surface area contributed by atoms with E-state index in [0.717, 1.165) is 11.5 Å². The zero-order valence-electron chi connectivity index (χ0n) is 9.44. The maximum absolute atomic E-state index is 3.83. The molecule has 0 aromatic heterocycles. The first-order valence-corrected chi connectivity index (χ1v) is 6.46. The van der Waals surface area contributed by atoms with Crippen molar-refractivity contribution in [2.24, 2.45) is 10.8 Å². The molecular formula is C13H23N. The standard InChI is InChI=1S/C13H23N/c1-12(5-4-6-12)10-14-11-9-13(11)7-2-3-8-13/h11,14H,2-10H2,1H3. The van der Waals surface area contributed by atoms with Crippen molar-refractivity contribution >= 4 is 0 Å². The van der Waals surface area contributed by atoms with Crippen LogP contribution in [-0.4, -0.2) is 12.6 Å². The fourth-order valence-electron chi connectivity index (χ4n) is 3.59. The van der Waals surface area contributed by atoms with Crippen molar-refractivity contribution in [3.63, 3.8) is 0 Å². The van der Waals surface area contributed by atoms with Crippen LogP contribution < -0.4 is 5.32 Å². The highest BCUT2D eigenvalue weighted by molar-refractivity contribution is 5.10. The molecule has 3 aliphatic carbocycles. The lowest BCUT2D eigenvalue weighted by molar-refractivity contribution is 0.154. The van der Waals surface area contributed by atoms with Crippen molar-refractivity contribution < 1.29 is 0 Å². The summed E-state index contributed by atoms with van der Waals surface area (Å²) < 4.78 is 0. The van der Waals surface area contributed by atoms with Crippen LogP contribution in [0.1, 0.15) is 58.3 Å². The Balaban J connectivity index is 1.46. The molecule has 3 rings (SSSR count). The van der Waals surface area contributed by atoms with Crippen LogP contribution in [-0.2, 0) is 0 Å². The van der Waals surface area contributed by atoms with Crippen LogP contribution in [0.2, 0.25) is 0 Å². The van der Waals surface area contributed by atoms with E-state index in [1.54, 1.807) is 0 Å². The Kier molecular flexibility index (Phi) is 1.96. The number of rotatable bonds is 3. The Morgan fingerprint density at radius 3 is 2.36 bits per heavy atom. The molecule has 0 aromatic rings. The van der Waals surface area contributed by atoms with Gasteiger partial charge in [-0.2, -0.15) is 0 Å². The van der Waals surface area contributed by atoms with E-state index in [2.05, 4.69) is 12.2 Å². The maximum Gasteiger partial charge on any atom is 0.0130 e. The fourth-order valence-corrected chi connectivity index (χ4v) is 3.59. The van der Waals surface area contributed by atoms with E-state index in [1.165, 1.54) is 57.9 Å². The Hall–Kier alpha value is -0.0400. The van der Waals surface area contributed by atoms with Crippen molar-refractivity contribution in [1.29, 1.82) is 0 Å². The molecule has 0 amide bonds. The third-order valence-electron chi connectivity index (χ3n) is 5.12. The lowest BCUT2D eigenvalue weighted by Gasteiger charge is -2.38. The van der Waals surface area contributed by atoms with E-state index >= 15 is 0 Å². The van der Waals surface area contributed by atoms with Gasteiger partial charge >= 0.3 is 0 Å². The van der Waals surface area contributed by atoms with E-state index in [0.29, 0.717) is 5.41 Å². The van der Waals surface area contributed by atoms with Crippen LogP contribution >= 0.6 is 0 Å². The molecule has 1 heteroatoms. The zero-order chi connectivity index (χ0) is 9.65. The van der Waals surface area contributed by atoms with E-state index in [1.807, 2.05) is 0 Å². The molecule has 0 aliphatic heterocycles. The second-order valence-corrected chi connectivity index (χ2v) is 6.37. The number of nitrogens with one attached hydrogen (secondary N) is 1. The van der Waals surface area contributed by atoms with Gasteiger partial charge in [0.25, 0.3) is 0 Å². The first-order chi connectivity index (χ1) is 6.73. The molecular weight excluding hydrogens is 170 g/mol. The monoisotopic (exact) mass is 193 g/mol. The van der Waals surface area contributed by atoms with Crippen molar-refractivity contribution in [2.75, 3.05) is 6.54 Å². The summed E-state index contributed by atoms with van der Waals surface area (Å²) in [5.41, 5.74) is 1.46. The largest absolute Gasteiger partial charge is 0.313 e. The molecule has 3 saturated carbocycles. The Morgan fingerprint density at radius 1 is 1.07 bits per heavy atom. The van der Waals surface area contributed by atoms with Gasteiger partial charge in [-0.25, -0.2) is 0 Å². The minimum atomic E-state index is 0.669. The molecule has 0 saturated heterocycles. The number of hydrogen-bond acceptors (Lipinski definition) is 1. The highest BCUT2D eigenvalue weighted by atomic mass is 15.0. The second-order valence-electron chi connectivity index (χ2n) is 6.37. The Labute approximate surface area is 87.7 Å². The smallest absolute Gasteiger partial charge is 0.0130 e. The van der Waals surface area contributed by atoms with Crippen LogP contribution in [0.15, 0.2) is 0 Å². The minimum absolute atomic E-state index is 0.669. The molecule has 3 fully saturated rings. The summed E-state index contributed by atoms with van der Waals surface area (Å²) in [6.07, 6.45) is 11.9. The second kappa shape index (κ2) is 2.98. The topological polar surface area (TPSA) is 12.0 Å². The van der Waals surface area contributed by atoms with E-state index in [4.69, 9.17) is 0 Å². The predicted molar refractivity (Wildman–Crippen MR) is 59.3 cm³/mol. The van der Waals surface area contributed by atoms with Crippen molar-refractivity contribution in [3.05, 3.63) is 0 Å². The summed E-state index contributed by atoms with van der Waals surface area (Å²) in [6.45, 7) is 3.74. The van der Waals surface area contributed by atoms with Crippen molar-refractivity contribution in [3.8, 4) is 0 Å². The van der Waals surface area contributed by atoms with Gasteiger partial charge in [0.05, 0.1) is 0 Å². The summed E-state index contributed by atoms with van der Waals surface area (Å²) in [4.78, 5) is 0. The SMILES string of the molecule is CC1(CNC2CC23CCCC3)CCC1. The molecule has 3 aliphatic rings. The summed E-state index contributed by atoms with van der Waals surface area (Å²) in [7, 11) is 0. The maximum atomic E-state index is 3.83.